The van der Waals surface area contributed by atoms with Crippen LogP contribution in [0.2, 0.25) is 0 Å². The van der Waals surface area contributed by atoms with Crippen LogP contribution in [-0.2, 0) is 0 Å². The van der Waals surface area contributed by atoms with Crippen LogP contribution in [0.25, 0.3) is 113 Å². The lowest BCUT2D eigenvalue weighted by molar-refractivity contribution is 1.09. The molecule has 0 saturated carbocycles. The predicted molar refractivity (Wildman–Crippen MR) is 350 cm³/mol. The number of rotatable bonds is 12. The highest BCUT2D eigenvalue weighted by molar-refractivity contribution is 6.12. The predicted octanol–water partition coefficient (Wildman–Crippen LogP) is 20.0. The summed E-state index contributed by atoms with van der Waals surface area (Å²) >= 11 is 0. The summed E-state index contributed by atoms with van der Waals surface area (Å²) in [5, 5.41) is 0. The number of benzene rings is 11. The second-order valence-corrected chi connectivity index (χ2v) is 21.0. The second kappa shape index (κ2) is 22.5. The van der Waals surface area contributed by atoms with E-state index in [1.165, 1.54) is 0 Å². The van der Waals surface area contributed by atoms with Gasteiger partial charge in [-0.15, -0.1) is 0 Å². The van der Waals surface area contributed by atoms with Crippen molar-refractivity contribution >= 4 is 34.3 Å². The summed E-state index contributed by atoms with van der Waals surface area (Å²) in [6.07, 6.45) is 0. The van der Waals surface area contributed by atoms with Gasteiger partial charge in [0, 0.05) is 56.1 Å². The Labute approximate surface area is 499 Å². The first-order valence-corrected chi connectivity index (χ1v) is 28.8. The molecule has 404 valence electrons. The second-order valence-electron chi connectivity index (χ2n) is 21.0. The quantitative estimate of drug-likeness (QED) is 0.120. The van der Waals surface area contributed by atoms with E-state index in [-0.39, 0.29) is 0 Å². The maximum Gasteiger partial charge on any atom is 0.163 e. The van der Waals surface area contributed by atoms with Crippen molar-refractivity contribution in [3.05, 3.63) is 315 Å². The summed E-state index contributed by atoms with van der Waals surface area (Å²) in [6, 6.07) is 109. The average molecular weight is 1100 g/mol. The lowest BCUT2D eigenvalue weighted by Crippen LogP contribution is -2.26. The zero-order valence-corrected chi connectivity index (χ0v) is 46.6. The third-order valence-electron chi connectivity index (χ3n) is 15.6. The molecule has 8 heteroatoms. The monoisotopic (exact) mass is 1100 g/mol. The van der Waals surface area contributed by atoms with Crippen LogP contribution in [0, 0.1) is 0 Å². The number of aromatic nitrogens is 6. The fraction of sp³-hybridized carbons (Fsp3) is 0. The van der Waals surface area contributed by atoms with Gasteiger partial charge < -0.3 is 4.90 Å². The van der Waals surface area contributed by atoms with Gasteiger partial charge in [0.05, 0.1) is 62.5 Å². The van der Waals surface area contributed by atoms with Crippen LogP contribution in [0.5, 0.6) is 0 Å². The Morgan fingerprint density at radius 2 is 0.500 bits per heavy atom. The molecule has 0 fully saturated rings. The normalized spacial score (nSPS) is 11.7. The van der Waals surface area contributed by atoms with Crippen LogP contribution in [0.15, 0.2) is 315 Å². The molecule has 0 saturated heterocycles. The van der Waals surface area contributed by atoms with E-state index in [1.54, 1.807) is 0 Å². The molecule has 0 aliphatic carbocycles. The molecule has 8 nitrogen and oxygen atoms in total. The van der Waals surface area contributed by atoms with E-state index in [0.717, 1.165) is 129 Å². The van der Waals surface area contributed by atoms with Gasteiger partial charge in [-0.05, 0) is 53.6 Å². The van der Waals surface area contributed by atoms with Crippen LogP contribution in [0.4, 0.5) is 34.3 Å². The number of fused-ring (bicyclic) bond motifs is 2. The van der Waals surface area contributed by atoms with Gasteiger partial charge in [-0.25, -0.2) is 29.9 Å². The van der Waals surface area contributed by atoms with Gasteiger partial charge in [-0.3, -0.25) is 4.90 Å². The fourth-order valence-electron chi connectivity index (χ4n) is 11.7. The molecule has 0 unspecified atom stereocenters. The van der Waals surface area contributed by atoms with Gasteiger partial charge in [0.1, 0.15) is 5.82 Å². The number of anilines is 6. The fourth-order valence-corrected chi connectivity index (χ4v) is 11.7. The van der Waals surface area contributed by atoms with Crippen molar-refractivity contribution in [3.63, 3.8) is 0 Å². The van der Waals surface area contributed by atoms with Gasteiger partial charge in [-0.1, -0.05) is 267 Å². The Bertz CT molecular complexity index is 4510. The van der Waals surface area contributed by atoms with E-state index in [9.17, 15) is 0 Å². The zero-order valence-electron chi connectivity index (χ0n) is 46.6. The Balaban J connectivity index is 1.09. The highest BCUT2D eigenvalue weighted by Gasteiger charge is 2.37. The molecule has 3 aromatic heterocycles. The smallest absolute Gasteiger partial charge is 0.163 e. The van der Waals surface area contributed by atoms with E-state index in [2.05, 4.69) is 265 Å². The van der Waals surface area contributed by atoms with Crippen LogP contribution in [-0.4, -0.2) is 29.9 Å². The summed E-state index contributed by atoms with van der Waals surface area (Å²) in [6.45, 7) is 0. The van der Waals surface area contributed by atoms with Gasteiger partial charge >= 0.3 is 0 Å². The molecule has 14 aromatic rings. The van der Waals surface area contributed by atoms with Crippen molar-refractivity contribution < 1.29 is 0 Å². The molecule has 11 aromatic carbocycles. The molecule has 1 aliphatic heterocycles. The van der Waals surface area contributed by atoms with Gasteiger partial charge in [0.25, 0.3) is 0 Å². The molecule has 0 spiro atoms. The van der Waals surface area contributed by atoms with E-state index < -0.39 is 0 Å². The molecule has 86 heavy (non-hydrogen) atoms. The van der Waals surface area contributed by atoms with Gasteiger partial charge in [-0.2, -0.15) is 0 Å². The molecular formula is C78H52N8. The highest BCUT2D eigenvalue weighted by atomic mass is 15.3. The Morgan fingerprint density at radius 1 is 0.198 bits per heavy atom. The summed E-state index contributed by atoms with van der Waals surface area (Å²) in [5.41, 5.74) is 19.6. The van der Waals surface area contributed by atoms with E-state index in [1.807, 2.05) is 60.7 Å². The number of nitrogens with zero attached hydrogens (tertiary/aromatic N) is 8. The summed E-state index contributed by atoms with van der Waals surface area (Å²) in [5.74, 6) is 2.49. The topological polar surface area (TPSA) is 83.8 Å². The third kappa shape index (κ3) is 9.72. The van der Waals surface area contributed by atoms with E-state index >= 15 is 0 Å². The van der Waals surface area contributed by atoms with Gasteiger partial charge in [0.2, 0.25) is 0 Å². The third-order valence-corrected chi connectivity index (χ3v) is 15.6. The molecule has 15 rings (SSSR count). The minimum atomic E-state index is 0.534. The largest absolute Gasteiger partial charge is 0.305 e. The lowest BCUT2D eigenvalue weighted by atomic mass is 9.85. The summed E-state index contributed by atoms with van der Waals surface area (Å²) in [7, 11) is 0. The first-order valence-electron chi connectivity index (χ1n) is 28.8. The van der Waals surface area contributed by atoms with Crippen LogP contribution in [0.1, 0.15) is 0 Å². The lowest BCUT2D eigenvalue weighted by Gasteiger charge is -2.41. The minimum absolute atomic E-state index is 0.534. The molecule has 0 atom stereocenters. The molecule has 0 radical (unpaired) electrons. The maximum absolute atomic E-state index is 5.79. The van der Waals surface area contributed by atoms with Crippen LogP contribution < -0.4 is 9.80 Å². The molecule has 4 heterocycles. The Kier molecular flexibility index (Phi) is 13.4. The number of hydrogen-bond acceptors (Lipinski definition) is 8. The Hall–Kier alpha value is -11.7. The zero-order chi connectivity index (χ0) is 57.2. The first kappa shape index (κ1) is 51.2. The summed E-state index contributed by atoms with van der Waals surface area (Å²) in [4.78, 5) is 37.9. The first-order chi connectivity index (χ1) is 42.7. The number of hydrogen-bond donors (Lipinski definition) is 0. The van der Waals surface area contributed by atoms with Crippen molar-refractivity contribution in [2.24, 2.45) is 0 Å². The molecule has 0 amide bonds. The molecule has 0 bridgehead atoms. The average Bonchev–Trinajstić information content (AvgIpc) is 0.858. The standard InChI is InChI=1S/C78H52N8/c1-9-29-53(30-10-1)61-49-62(67-51-65(56-35-15-4-16-36-56)79-76(83-67)59-41-21-7-22-42-59)73(58-39-19-6-20-40-58)74(78-81-63(54-31-11-2-12-32-54)50-64(82-78)55-33-13-3-14-34-55)75(61)86-70-47-27-25-45-68(70)85(69-46-26-28-48-71(69)86)72-52-66(57-37-17-5-18-38-57)80-77(84-72)60-43-23-8-24-44-60/h1-52H. The van der Waals surface area contributed by atoms with Crippen molar-refractivity contribution in [3.8, 4) is 113 Å². The van der Waals surface area contributed by atoms with Crippen LogP contribution >= 0.6 is 0 Å². The minimum Gasteiger partial charge on any atom is -0.305 e. The van der Waals surface area contributed by atoms with Crippen molar-refractivity contribution in [2.45, 2.75) is 0 Å². The van der Waals surface area contributed by atoms with Crippen molar-refractivity contribution in [2.75, 3.05) is 9.80 Å². The molecule has 0 N–H and O–H groups in total. The van der Waals surface area contributed by atoms with Crippen LogP contribution in [0.3, 0.4) is 0 Å². The highest BCUT2D eigenvalue weighted by Crippen LogP contribution is 2.60. The molecule has 1 aliphatic rings. The van der Waals surface area contributed by atoms with Crippen molar-refractivity contribution in [1.29, 1.82) is 0 Å². The van der Waals surface area contributed by atoms with E-state index in [4.69, 9.17) is 29.9 Å². The van der Waals surface area contributed by atoms with Gasteiger partial charge in [0.15, 0.2) is 17.5 Å². The van der Waals surface area contributed by atoms with Crippen molar-refractivity contribution in [1.82, 2.24) is 29.9 Å². The summed E-state index contributed by atoms with van der Waals surface area (Å²) < 4.78 is 0. The number of para-hydroxylation sites is 4. The maximum atomic E-state index is 5.79. The van der Waals surface area contributed by atoms with E-state index in [0.29, 0.717) is 17.5 Å². The SMILES string of the molecule is c1ccc(-c2cc(-c3cc(-c4ccccc4)c(N4c5ccccc5N(c5cc(-c6ccccc6)nc(-c6ccccc6)n5)c5ccccc54)c(-c4nc(-c5ccccc5)cc(-c5ccccc5)n4)c3-c3ccccc3)nc(-c3ccccc3)n2)cc1. The molecular weight excluding hydrogens is 1050 g/mol. The Morgan fingerprint density at radius 3 is 0.919 bits per heavy atom.